The smallest absolute Gasteiger partial charge is 1.00 e. The molecule has 0 N–H and O–H groups in total. The molecule has 0 heterocycles. The molecule has 0 spiro atoms. The Labute approximate surface area is 198 Å². The summed E-state index contributed by atoms with van der Waals surface area (Å²) in [6.07, 6.45) is 10.6. The topological polar surface area (TPSA) is 0 Å². The van der Waals surface area contributed by atoms with Gasteiger partial charge < -0.3 is 37.2 Å². The molecule has 27 heavy (non-hydrogen) atoms. The Bertz CT molecular complexity index is 669. The van der Waals surface area contributed by atoms with Gasteiger partial charge in [0.15, 0.2) is 0 Å². The van der Waals surface area contributed by atoms with Gasteiger partial charge in [-0.25, -0.2) is 17.7 Å². The first-order valence-corrected chi connectivity index (χ1v) is 8.68. The molecule has 0 nitrogen and oxygen atoms in total. The zero-order valence-electron chi connectivity index (χ0n) is 15.8. The van der Waals surface area contributed by atoms with E-state index >= 15 is 0 Å². The Hall–Kier alpha value is -0.496. The summed E-state index contributed by atoms with van der Waals surface area (Å²) in [4.78, 5) is 0. The Balaban J connectivity index is 0. The maximum absolute atomic E-state index is 3.68. The van der Waals surface area contributed by atoms with Crippen molar-refractivity contribution in [2.45, 2.75) is 44.9 Å². The fourth-order valence-corrected chi connectivity index (χ4v) is 3.72. The van der Waals surface area contributed by atoms with Crippen LogP contribution in [0.4, 0.5) is 0 Å². The molecular formula is C23H25Cl3Ti. The van der Waals surface area contributed by atoms with Crippen molar-refractivity contribution in [1.82, 2.24) is 0 Å². The number of hydrogen-bond acceptors (Lipinski definition) is 0. The predicted molar refractivity (Wildman–Crippen MR) is 98.3 cm³/mol. The average molecular weight is 456 g/mol. The molecule has 0 atom stereocenters. The molecule has 0 bridgehead atoms. The minimum Gasteiger partial charge on any atom is -1.00 e. The third-order valence-electron chi connectivity index (χ3n) is 4.91. The van der Waals surface area contributed by atoms with Crippen molar-refractivity contribution >= 4 is 0 Å². The van der Waals surface area contributed by atoms with Gasteiger partial charge in [-0.15, -0.1) is 0 Å². The van der Waals surface area contributed by atoms with Gasteiger partial charge in [0.1, 0.15) is 0 Å². The number of benzene rings is 2. The van der Waals surface area contributed by atoms with Crippen LogP contribution in [0, 0.1) is 6.08 Å². The molecule has 142 valence electrons. The van der Waals surface area contributed by atoms with Crippen LogP contribution in [-0.4, -0.2) is 0 Å². The van der Waals surface area contributed by atoms with Crippen LogP contribution in [-0.2, 0) is 27.1 Å². The van der Waals surface area contributed by atoms with Crippen LogP contribution in [0.3, 0.4) is 0 Å². The van der Waals surface area contributed by atoms with E-state index in [1.807, 2.05) is 0 Å². The molecule has 3 rings (SSSR count). The van der Waals surface area contributed by atoms with Crippen molar-refractivity contribution < 1.29 is 58.9 Å². The minimum absolute atomic E-state index is 0. The maximum Gasteiger partial charge on any atom is 4.00 e. The molecule has 0 aromatic heterocycles. The number of halogens is 3. The second-order valence-corrected chi connectivity index (χ2v) is 6.44. The standard InChI is InChI=1S/C23H25.3ClH.Ti/c1-3-4-17-23(20-11-7-5-8-12-20,21-13-9-6-10-14-21)22-16-15-19(2)18-22;;;;/h5-15H,3-4,16-17H2,1-2H3;3*1H;/q-1;;;;+4/p-3. The van der Waals surface area contributed by atoms with Gasteiger partial charge in [-0.1, -0.05) is 93.8 Å². The molecule has 0 unspecified atom stereocenters. The molecule has 0 saturated heterocycles. The van der Waals surface area contributed by atoms with Crippen molar-refractivity contribution in [3.63, 3.8) is 0 Å². The third kappa shape index (κ3) is 6.24. The number of rotatable bonds is 6. The van der Waals surface area contributed by atoms with E-state index in [1.54, 1.807) is 0 Å². The van der Waals surface area contributed by atoms with Gasteiger partial charge >= 0.3 is 21.7 Å². The van der Waals surface area contributed by atoms with Crippen molar-refractivity contribution in [2.75, 3.05) is 0 Å². The zero-order valence-corrected chi connectivity index (χ0v) is 19.6. The zero-order chi connectivity index (χ0) is 16.1. The van der Waals surface area contributed by atoms with Crippen LogP contribution >= 0.6 is 0 Å². The second-order valence-electron chi connectivity index (χ2n) is 6.44. The summed E-state index contributed by atoms with van der Waals surface area (Å²) < 4.78 is 0. The van der Waals surface area contributed by atoms with Crippen molar-refractivity contribution in [2.24, 2.45) is 0 Å². The fourth-order valence-electron chi connectivity index (χ4n) is 3.72. The molecule has 2 aromatic carbocycles. The van der Waals surface area contributed by atoms with Gasteiger partial charge in [-0.2, -0.15) is 5.57 Å². The number of unbranched alkanes of at least 4 members (excludes halogenated alkanes) is 1. The van der Waals surface area contributed by atoms with Crippen molar-refractivity contribution in [1.29, 1.82) is 0 Å². The molecule has 4 heteroatoms. The Morgan fingerprint density at radius 3 is 1.70 bits per heavy atom. The minimum atomic E-state index is -0.0488. The Kier molecular flexibility index (Phi) is 14.5. The molecular weight excluding hydrogens is 430 g/mol. The van der Waals surface area contributed by atoms with Crippen molar-refractivity contribution in [3.8, 4) is 0 Å². The van der Waals surface area contributed by atoms with E-state index < -0.39 is 0 Å². The first kappa shape index (κ1) is 28.7. The van der Waals surface area contributed by atoms with Crippen LogP contribution in [0.15, 0.2) is 77.9 Å². The van der Waals surface area contributed by atoms with E-state index in [-0.39, 0.29) is 64.4 Å². The van der Waals surface area contributed by atoms with Gasteiger partial charge in [-0.05, 0) is 17.5 Å². The third-order valence-corrected chi connectivity index (χ3v) is 4.91. The Morgan fingerprint density at radius 1 is 0.852 bits per heavy atom. The molecule has 1 aliphatic rings. The summed E-state index contributed by atoms with van der Waals surface area (Å²) in [6.45, 7) is 4.44. The van der Waals surface area contributed by atoms with Crippen LogP contribution in [0.2, 0.25) is 0 Å². The van der Waals surface area contributed by atoms with E-state index in [4.69, 9.17) is 0 Å². The van der Waals surface area contributed by atoms with Gasteiger partial charge in [-0.3, -0.25) is 0 Å². The summed E-state index contributed by atoms with van der Waals surface area (Å²) in [7, 11) is 0. The van der Waals surface area contributed by atoms with Crippen LogP contribution in [0.5, 0.6) is 0 Å². The summed E-state index contributed by atoms with van der Waals surface area (Å²) in [6, 6.07) is 22.0. The summed E-state index contributed by atoms with van der Waals surface area (Å²) in [5.41, 5.74) is 5.43. The van der Waals surface area contributed by atoms with E-state index in [9.17, 15) is 0 Å². The second kappa shape index (κ2) is 13.6. The van der Waals surface area contributed by atoms with E-state index in [1.165, 1.54) is 35.1 Å². The summed E-state index contributed by atoms with van der Waals surface area (Å²) in [5.74, 6) is 0. The quantitative estimate of drug-likeness (QED) is 0.327. The molecule has 0 radical (unpaired) electrons. The summed E-state index contributed by atoms with van der Waals surface area (Å²) in [5, 5.41) is 0. The fraction of sp³-hybridized carbons (Fsp3) is 0.304. The number of hydrogen-bond donors (Lipinski definition) is 0. The monoisotopic (exact) mass is 454 g/mol. The molecule has 0 fully saturated rings. The normalized spacial score (nSPS) is 12.4. The SMILES string of the molecule is CCCCC(C1=[C-]C(C)=CC1)(c1ccccc1)c1ccccc1.[Cl-].[Cl-].[Cl-].[Ti+4]. The Morgan fingerprint density at radius 2 is 1.33 bits per heavy atom. The number of allylic oxidation sites excluding steroid dienone is 4. The summed E-state index contributed by atoms with van der Waals surface area (Å²) >= 11 is 0. The van der Waals surface area contributed by atoms with Gasteiger partial charge in [0.05, 0.1) is 0 Å². The van der Waals surface area contributed by atoms with Gasteiger partial charge in [0.2, 0.25) is 0 Å². The largest absolute Gasteiger partial charge is 4.00 e. The van der Waals surface area contributed by atoms with E-state index in [0.29, 0.717) is 0 Å². The van der Waals surface area contributed by atoms with E-state index in [0.717, 1.165) is 12.8 Å². The van der Waals surface area contributed by atoms with Crippen LogP contribution in [0.25, 0.3) is 0 Å². The first-order valence-electron chi connectivity index (χ1n) is 8.68. The van der Waals surface area contributed by atoms with Gasteiger partial charge in [0.25, 0.3) is 0 Å². The van der Waals surface area contributed by atoms with E-state index in [2.05, 4.69) is 86.7 Å². The molecule has 0 saturated carbocycles. The predicted octanol–water partition coefficient (Wildman–Crippen LogP) is -2.75. The van der Waals surface area contributed by atoms with Gasteiger partial charge in [0, 0.05) is 5.41 Å². The van der Waals surface area contributed by atoms with Crippen molar-refractivity contribution in [3.05, 3.63) is 95.1 Å². The molecule has 0 aliphatic heterocycles. The molecule has 0 amide bonds. The molecule has 1 aliphatic carbocycles. The molecule has 2 aromatic rings. The maximum atomic E-state index is 3.68. The average Bonchev–Trinajstić information content (AvgIpc) is 3.04. The first-order chi connectivity index (χ1) is 11.3. The van der Waals surface area contributed by atoms with Crippen LogP contribution in [0.1, 0.15) is 50.7 Å². The van der Waals surface area contributed by atoms with Crippen LogP contribution < -0.4 is 37.2 Å².